The van der Waals surface area contributed by atoms with Crippen LogP contribution in [-0.2, 0) is 13.6 Å². The van der Waals surface area contributed by atoms with Crippen molar-refractivity contribution in [2.45, 2.75) is 25.4 Å². The summed E-state index contributed by atoms with van der Waals surface area (Å²) in [6.07, 6.45) is 6.31. The summed E-state index contributed by atoms with van der Waals surface area (Å²) >= 11 is 0. The van der Waals surface area contributed by atoms with E-state index in [-0.39, 0.29) is 6.61 Å². The Bertz CT molecular complexity index is 293. The van der Waals surface area contributed by atoms with Crippen molar-refractivity contribution >= 4 is 0 Å². The van der Waals surface area contributed by atoms with Crippen LogP contribution >= 0.6 is 0 Å². The Morgan fingerprint density at radius 2 is 2.43 bits per heavy atom. The third-order valence-corrected chi connectivity index (χ3v) is 2.72. The van der Waals surface area contributed by atoms with Gasteiger partial charge in [0.2, 0.25) is 0 Å². The minimum Gasteiger partial charge on any atom is -0.395 e. The molecule has 0 spiro atoms. The van der Waals surface area contributed by atoms with Gasteiger partial charge < -0.3 is 9.67 Å². The second-order valence-corrected chi connectivity index (χ2v) is 3.88. The van der Waals surface area contributed by atoms with Gasteiger partial charge in [0.15, 0.2) is 0 Å². The van der Waals surface area contributed by atoms with Crippen molar-refractivity contribution in [3.8, 4) is 0 Å². The largest absolute Gasteiger partial charge is 0.395 e. The molecule has 0 atom stereocenters. The molecule has 1 aromatic heterocycles. The number of imidazole rings is 1. The van der Waals surface area contributed by atoms with Gasteiger partial charge in [0.05, 0.1) is 13.2 Å². The van der Waals surface area contributed by atoms with Crippen LogP contribution in [0.2, 0.25) is 0 Å². The van der Waals surface area contributed by atoms with Gasteiger partial charge in [-0.2, -0.15) is 0 Å². The molecule has 0 saturated heterocycles. The van der Waals surface area contributed by atoms with E-state index in [4.69, 9.17) is 5.11 Å². The Balaban J connectivity index is 1.96. The molecule has 1 N–H and O–H groups in total. The fourth-order valence-corrected chi connectivity index (χ4v) is 1.69. The van der Waals surface area contributed by atoms with Crippen molar-refractivity contribution in [1.82, 2.24) is 14.5 Å². The Hall–Kier alpha value is -0.870. The first-order valence-electron chi connectivity index (χ1n) is 5.12. The quantitative estimate of drug-likeness (QED) is 0.738. The molecule has 1 saturated carbocycles. The van der Waals surface area contributed by atoms with Crippen molar-refractivity contribution in [3.05, 3.63) is 18.2 Å². The van der Waals surface area contributed by atoms with Crippen molar-refractivity contribution in [2.75, 3.05) is 13.2 Å². The summed E-state index contributed by atoms with van der Waals surface area (Å²) in [5.74, 6) is 1.07. The SMILES string of the molecule is Cn1ccnc1CN(CCO)C1CC1. The summed E-state index contributed by atoms with van der Waals surface area (Å²) in [6, 6.07) is 0.679. The predicted octanol–water partition coefficient (Wildman–Crippen LogP) is 0.377. The zero-order chi connectivity index (χ0) is 9.97. The molecule has 4 nitrogen and oxygen atoms in total. The van der Waals surface area contributed by atoms with Crippen LogP contribution in [0.15, 0.2) is 12.4 Å². The molecular weight excluding hydrogens is 178 g/mol. The zero-order valence-electron chi connectivity index (χ0n) is 8.56. The van der Waals surface area contributed by atoms with E-state index in [0.717, 1.165) is 18.9 Å². The normalized spacial score (nSPS) is 16.5. The van der Waals surface area contributed by atoms with Crippen molar-refractivity contribution in [3.63, 3.8) is 0 Å². The Morgan fingerprint density at radius 3 is 2.93 bits per heavy atom. The highest BCUT2D eigenvalue weighted by molar-refractivity contribution is 4.94. The van der Waals surface area contributed by atoms with E-state index in [1.807, 2.05) is 24.0 Å². The summed E-state index contributed by atoms with van der Waals surface area (Å²) in [5, 5.41) is 8.94. The molecular formula is C10H17N3O. The number of hydrogen-bond donors (Lipinski definition) is 1. The lowest BCUT2D eigenvalue weighted by Gasteiger charge is -2.20. The van der Waals surface area contributed by atoms with Crippen LogP contribution in [0.5, 0.6) is 0 Å². The van der Waals surface area contributed by atoms with Crippen LogP contribution in [0.3, 0.4) is 0 Å². The molecule has 0 aliphatic heterocycles. The molecule has 0 radical (unpaired) electrons. The van der Waals surface area contributed by atoms with Crippen molar-refractivity contribution < 1.29 is 5.11 Å². The molecule has 1 fully saturated rings. The highest BCUT2D eigenvalue weighted by atomic mass is 16.3. The minimum absolute atomic E-state index is 0.237. The monoisotopic (exact) mass is 195 g/mol. The van der Waals surface area contributed by atoms with Crippen LogP contribution in [0.1, 0.15) is 18.7 Å². The van der Waals surface area contributed by atoms with E-state index in [1.54, 1.807) is 0 Å². The molecule has 0 aromatic carbocycles. The number of aromatic nitrogens is 2. The number of aliphatic hydroxyl groups excluding tert-OH is 1. The predicted molar refractivity (Wildman–Crippen MR) is 53.7 cm³/mol. The molecule has 1 aliphatic carbocycles. The Kier molecular flexibility index (Phi) is 2.84. The summed E-state index contributed by atoms with van der Waals surface area (Å²) in [7, 11) is 2.01. The van der Waals surface area contributed by atoms with Gasteiger partial charge in [-0.3, -0.25) is 4.90 Å². The van der Waals surface area contributed by atoms with Crippen LogP contribution in [0.4, 0.5) is 0 Å². The van der Waals surface area contributed by atoms with Crippen LogP contribution in [0, 0.1) is 0 Å². The third kappa shape index (κ3) is 2.13. The highest BCUT2D eigenvalue weighted by Gasteiger charge is 2.29. The Labute approximate surface area is 84.2 Å². The number of nitrogens with zero attached hydrogens (tertiary/aromatic N) is 3. The Morgan fingerprint density at radius 1 is 1.64 bits per heavy atom. The van der Waals surface area contributed by atoms with Crippen molar-refractivity contribution in [2.24, 2.45) is 7.05 Å². The fourth-order valence-electron chi connectivity index (χ4n) is 1.69. The van der Waals surface area contributed by atoms with E-state index in [0.29, 0.717) is 6.04 Å². The summed E-state index contributed by atoms with van der Waals surface area (Å²) in [6.45, 7) is 1.85. The molecule has 78 valence electrons. The zero-order valence-corrected chi connectivity index (χ0v) is 8.56. The van der Waals surface area contributed by atoms with Gasteiger partial charge in [0, 0.05) is 32.0 Å². The van der Waals surface area contributed by atoms with Crippen LogP contribution in [-0.4, -0.2) is 38.8 Å². The molecule has 1 aliphatic rings. The summed E-state index contributed by atoms with van der Waals surface area (Å²) < 4.78 is 2.03. The molecule has 1 aromatic rings. The third-order valence-electron chi connectivity index (χ3n) is 2.72. The molecule has 14 heavy (non-hydrogen) atoms. The maximum atomic E-state index is 8.94. The summed E-state index contributed by atoms with van der Waals surface area (Å²) in [4.78, 5) is 6.60. The average Bonchev–Trinajstić information content (AvgIpc) is 2.93. The lowest BCUT2D eigenvalue weighted by atomic mass is 10.4. The molecule has 0 amide bonds. The van der Waals surface area contributed by atoms with E-state index in [2.05, 4.69) is 9.88 Å². The maximum absolute atomic E-state index is 8.94. The first-order chi connectivity index (χ1) is 6.81. The minimum atomic E-state index is 0.237. The number of aryl methyl sites for hydroxylation is 1. The van der Waals surface area contributed by atoms with Gasteiger partial charge in [0.1, 0.15) is 5.82 Å². The molecule has 4 heteroatoms. The highest BCUT2D eigenvalue weighted by Crippen LogP contribution is 2.27. The van der Waals surface area contributed by atoms with Gasteiger partial charge in [-0.1, -0.05) is 0 Å². The lowest BCUT2D eigenvalue weighted by molar-refractivity contribution is 0.179. The first-order valence-corrected chi connectivity index (χ1v) is 5.12. The van der Waals surface area contributed by atoms with Crippen molar-refractivity contribution in [1.29, 1.82) is 0 Å². The fraction of sp³-hybridized carbons (Fsp3) is 0.700. The topological polar surface area (TPSA) is 41.3 Å². The van der Waals surface area contributed by atoms with Crippen LogP contribution < -0.4 is 0 Å². The number of rotatable bonds is 5. The molecule has 0 bridgehead atoms. The van der Waals surface area contributed by atoms with Crippen LogP contribution in [0.25, 0.3) is 0 Å². The first kappa shape index (κ1) is 9.68. The average molecular weight is 195 g/mol. The smallest absolute Gasteiger partial charge is 0.122 e. The maximum Gasteiger partial charge on any atom is 0.122 e. The second-order valence-electron chi connectivity index (χ2n) is 3.88. The lowest BCUT2D eigenvalue weighted by Crippen LogP contribution is -2.29. The van der Waals surface area contributed by atoms with E-state index < -0.39 is 0 Å². The van der Waals surface area contributed by atoms with Gasteiger partial charge in [-0.15, -0.1) is 0 Å². The molecule has 2 rings (SSSR count). The molecule has 0 unspecified atom stereocenters. The van der Waals surface area contributed by atoms with Gasteiger partial charge >= 0.3 is 0 Å². The van der Waals surface area contributed by atoms with Gasteiger partial charge in [0.25, 0.3) is 0 Å². The number of hydrogen-bond acceptors (Lipinski definition) is 3. The van der Waals surface area contributed by atoms with E-state index in [1.165, 1.54) is 12.8 Å². The standard InChI is InChI=1S/C10H17N3O/c1-12-5-4-11-10(12)8-13(6-7-14)9-2-3-9/h4-5,9,14H,2-3,6-8H2,1H3. The summed E-state index contributed by atoms with van der Waals surface area (Å²) in [5.41, 5.74) is 0. The van der Waals surface area contributed by atoms with E-state index in [9.17, 15) is 0 Å². The van der Waals surface area contributed by atoms with Gasteiger partial charge in [-0.25, -0.2) is 4.98 Å². The molecule has 1 heterocycles. The number of aliphatic hydroxyl groups is 1. The second kappa shape index (κ2) is 4.11. The van der Waals surface area contributed by atoms with Gasteiger partial charge in [-0.05, 0) is 12.8 Å². The van der Waals surface area contributed by atoms with E-state index >= 15 is 0 Å².